The van der Waals surface area contributed by atoms with Crippen molar-refractivity contribution in [2.75, 3.05) is 13.1 Å². The number of rotatable bonds is 8. The van der Waals surface area contributed by atoms with Crippen molar-refractivity contribution in [3.05, 3.63) is 48.0 Å². The Hall–Kier alpha value is -2.64. The minimum absolute atomic E-state index is 0.0553. The smallest absolute Gasteiger partial charge is 0.319 e. The largest absolute Gasteiger partial charge is 0.489 e. The monoisotopic (exact) mass is 365 g/mol. The molecule has 0 aliphatic rings. The molecule has 1 unspecified atom stereocenters. The number of hydrogen-bond donors (Lipinski definition) is 2. The average molecular weight is 365 g/mol. The average Bonchev–Trinajstić information content (AvgIpc) is 3.06. The van der Waals surface area contributed by atoms with Crippen molar-refractivity contribution in [2.45, 2.75) is 40.0 Å². The summed E-state index contributed by atoms with van der Waals surface area (Å²) in [6, 6.07) is 7.84. The molecule has 0 amide bonds. The fraction of sp³-hybridized carbons (Fsp3) is 0.444. The first-order valence-corrected chi connectivity index (χ1v) is 8.55. The van der Waals surface area contributed by atoms with E-state index in [9.17, 15) is 8.78 Å². The standard InChI is InChI=1S/C18H25F2N5O/c1-4-21-18(24-12-16-22-8-9-25(16)17(19)20)23-11-14(3)26-15-7-5-6-13(2)10-15/h5-10,14,17H,4,11-12H2,1-3H3,(H2,21,23,24). The van der Waals surface area contributed by atoms with Crippen molar-refractivity contribution in [1.82, 2.24) is 20.2 Å². The molecule has 1 atom stereocenters. The van der Waals surface area contributed by atoms with E-state index in [1.165, 1.54) is 12.4 Å². The van der Waals surface area contributed by atoms with Crippen LogP contribution >= 0.6 is 0 Å². The first kappa shape index (κ1) is 19.7. The van der Waals surface area contributed by atoms with Gasteiger partial charge in [-0.1, -0.05) is 12.1 Å². The molecule has 142 valence electrons. The van der Waals surface area contributed by atoms with E-state index in [1.807, 2.05) is 45.0 Å². The predicted octanol–water partition coefficient (Wildman–Crippen LogP) is 3.11. The number of alkyl halides is 2. The van der Waals surface area contributed by atoms with Gasteiger partial charge >= 0.3 is 6.55 Å². The Labute approximate surface area is 152 Å². The summed E-state index contributed by atoms with van der Waals surface area (Å²) in [6.45, 7) is 4.49. The number of aromatic nitrogens is 2. The molecule has 1 aromatic heterocycles. The summed E-state index contributed by atoms with van der Waals surface area (Å²) >= 11 is 0. The molecule has 8 heteroatoms. The lowest BCUT2D eigenvalue weighted by atomic mass is 10.2. The van der Waals surface area contributed by atoms with E-state index in [0.29, 0.717) is 19.0 Å². The number of hydrogen-bond acceptors (Lipinski definition) is 3. The molecular weight excluding hydrogens is 340 g/mol. The Balaban J connectivity index is 1.91. The Morgan fingerprint density at radius 3 is 2.85 bits per heavy atom. The van der Waals surface area contributed by atoms with E-state index in [4.69, 9.17) is 4.74 Å². The minimum Gasteiger partial charge on any atom is -0.489 e. The Bertz CT molecular complexity index is 717. The van der Waals surface area contributed by atoms with Gasteiger partial charge in [-0.2, -0.15) is 8.78 Å². The molecule has 0 fully saturated rings. The van der Waals surface area contributed by atoms with Crippen LogP contribution in [0.2, 0.25) is 0 Å². The van der Waals surface area contributed by atoms with Gasteiger partial charge in [0.1, 0.15) is 24.2 Å². The summed E-state index contributed by atoms with van der Waals surface area (Å²) in [6.07, 6.45) is 2.49. The molecule has 0 aliphatic carbocycles. The number of imidazole rings is 1. The maximum absolute atomic E-state index is 12.8. The van der Waals surface area contributed by atoms with Gasteiger partial charge in [-0.15, -0.1) is 0 Å². The van der Waals surface area contributed by atoms with Gasteiger partial charge in [0.2, 0.25) is 0 Å². The van der Waals surface area contributed by atoms with Crippen LogP contribution < -0.4 is 15.4 Å². The molecule has 0 bridgehead atoms. The van der Waals surface area contributed by atoms with Crippen molar-refractivity contribution in [3.63, 3.8) is 0 Å². The number of nitrogens with one attached hydrogen (secondary N) is 2. The zero-order chi connectivity index (χ0) is 18.9. The molecule has 2 N–H and O–H groups in total. The maximum atomic E-state index is 12.8. The van der Waals surface area contributed by atoms with Crippen LogP contribution in [-0.4, -0.2) is 34.7 Å². The summed E-state index contributed by atoms with van der Waals surface area (Å²) in [5, 5.41) is 6.24. The number of ether oxygens (including phenoxy) is 1. The second-order valence-corrected chi connectivity index (χ2v) is 5.85. The predicted molar refractivity (Wildman–Crippen MR) is 97.6 cm³/mol. The van der Waals surface area contributed by atoms with Gasteiger partial charge in [0.15, 0.2) is 5.96 Å². The molecule has 0 aliphatic heterocycles. The van der Waals surface area contributed by atoms with Crippen LogP contribution in [0.4, 0.5) is 8.78 Å². The Morgan fingerprint density at radius 1 is 1.35 bits per heavy atom. The molecule has 0 radical (unpaired) electrons. The number of nitrogens with zero attached hydrogens (tertiary/aromatic N) is 3. The molecule has 0 saturated heterocycles. The number of benzene rings is 1. The van der Waals surface area contributed by atoms with Crippen molar-refractivity contribution >= 4 is 5.96 Å². The normalized spacial score (nSPS) is 12.9. The van der Waals surface area contributed by atoms with E-state index >= 15 is 0 Å². The van der Waals surface area contributed by atoms with E-state index in [0.717, 1.165) is 15.9 Å². The lowest BCUT2D eigenvalue weighted by molar-refractivity contribution is 0.0671. The van der Waals surface area contributed by atoms with E-state index in [2.05, 4.69) is 20.6 Å². The summed E-state index contributed by atoms with van der Waals surface area (Å²) in [5.74, 6) is 1.54. The van der Waals surface area contributed by atoms with Crippen LogP contribution in [0.3, 0.4) is 0 Å². The lowest BCUT2D eigenvalue weighted by Crippen LogP contribution is -2.41. The third-order valence-electron chi connectivity index (χ3n) is 3.57. The van der Waals surface area contributed by atoms with Gasteiger partial charge in [-0.05, 0) is 38.5 Å². The molecule has 6 nitrogen and oxygen atoms in total. The Morgan fingerprint density at radius 2 is 2.15 bits per heavy atom. The van der Waals surface area contributed by atoms with Crippen LogP contribution in [0.5, 0.6) is 5.75 Å². The fourth-order valence-corrected chi connectivity index (χ4v) is 2.34. The highest BCUT2D eigenvalue weighted by molar-refractivity contribution is 5.79. The van der Waals surface area contributed by atoms with Crippen LogP contribution in [0.25, 0.3) is 0 Å². The fourth-order valence-electron chi connectivity index (χ4n) is 2.34. The molecule has 1 heterocycles. The van der Waals surface area contributed by atoms with Crippen LogP contribution in [0.1, 0.15) is 31.8 Å². The highest BCUT2D eigenvalue weighted by atomic mass is 19.3. The van der Waals surface area contributed by atoms with Gasteiger partial charge < -0.3 is 15.4 Å². The molecular formula is C18H25F2N5O. The van der Waals surface area contributed by atoms with Crippen LogP contribution in [-0.2, 0) is 6.54 Å². The third-order valence-corrected chi connectivity index (χ3v) is 3.57. The summed E-state index contributed by atoms with van der Waals surface area (Å²) in [5.41, 5.74) is 1.13. The van der Waals surface area contributed by atoms with Gasteiger partial charge in [0.25, 0.3) is 0 Å². The molecule has 2 rings (SSSR count). The number of guanidine groups is 1. The van der Waals surface area contributed by atoms with Crippen molar-refractivity contribution in [2.24, 2.45) is 4.99 Å². The van der Waals surface area contributed by atoms with Crippen LogP contribution in [0, 0.1) is 6.92 Å². The van der Waals surface area contributed by atoms with E-state index < -0.39 is 6.55 Å². The highest BCUT2D eigenvalue weighted by Gasteiger charge is 2.11. The van der Waals surface area contributed by atoms with E-state index in [1.54, 1.807) is 0 Å². The summed E-state index contributed by atoms with van der Waals surface area (Å²) in [4.78, 5) is 8.24. The number of aliphatic imine (C=N–C) groups is 1. The molecule has 0 spiro atoms. The lowest BCUT2D eigenvalue weighted by Gasteiger charge is -2.18. The minimum atomic E-state index is -2.62. The van der Waals surface area contributed by atoms with E-state index in [-0.39, 0.29) is 18.5 Å². The second kappa shape index (κ2) is 9.74. The van der Waals surface area contributed by atoms with Crippen molar-refractivity contribution < 1.29 is 13.5 Å². The number of aryl methyl sites for hydroxylation is 1. The van der Waals surface area contributed by atoms with Gasteiger partial charge in [-0.3, -0.25) is 4.57 Å². The zero-order valence-corrected chi connectivity index (χ0v) is 15.2. The summed E-state index contributed by atoms with van der Waals surface area (Å²) in [7, 11) is 0. The zero-order valence-electron chi connectivity index (χ0n) is 15.2. The second-order valence-electron chi connectivity index (χ2n) is 5.85. The van der Waals surface area contributed by atoms with Crippen LogP contribution in [0.15, 0.2) is 41.7 Å². The summed E-state index contributed by atoms with van der Waals surface area (Å²) < 4.78 is 32.4. The SMILES string of the molecule is CCNC(=NCc1nccn1C(F)F)NCC(C)Oc1cccc(C)c1. The molecule has 0 saturated carbocycles. The number of halogens is 2. The molecule has 1 aromatic carbocycles. The topological polar surface area (TPSA) is 63.5 Å². The van der Waals surface area contributed by atoms with Crippen molar-refractivity contribution in [1.29, 1.82) is 0 Å². The highest BCUT2D eigenvalue weighted by Crippen LogP contribution is 2.14. The quantitative estimate of drug-likeness (QED) is 0.557. The maximum Gasteiger partial charge on any atom is 0.319 e. The third kappa shape index (κ3) is 6.02. The van der Waals surface area contributed by atoms with Gasteiger partial charge in [-0.25, -0.2) is 9.98 Å². The first-order valence-electron chi connectivity index (χ1n) is 8.55. The first-order chi connectivity index (χ1) is 12.5. The Kier molecular flexibility index (Phi) is 7.37. The van der Waals surface area contributed by atoms with Crippen molar-refractivity contribution in [3.8, 4) is 5.75 Å². The molecule has 26 heavy (non-hydrogen) atoms. The molecule has 2 aromatic rings. The van der Waals surface area contributed by atoms with Gasteiger partial charge in [0.05, 0.1) is 6.54 Å². The van der Waals surface area contributed by atoms with Gasteiger partial charge in [0, 0.05) is 18.9 Å².